The van der Waals surface area contributed by atoms with Gasteiger partial charge in [-0.25, -0.2) is 13.6 Å². The fourth-order valence-electron chi connectivity index (χ4n) is 1.95. The first-order valence-electron chi connectivity index (χ1n) is 6.29. The van der Waals surface area contributed by atoms with Crippen LogP contribution in [0.1, 0.15) is 24.1 Å². The summed E-state index contributed by atoms with van der Waals surface area (Å²) in [6.45, 7) is 1.96. The molecule has 1 unspecified atom stereocenters. The Bertz CT molecular complexity index is 777. The Kier molecular flexibility index (Phi) is 4.26. The van der Waals surface area contributed by atoms with Crippen molar-refractivity contribution >= 4 is 15.7 Å². The highest BCUT2D eigenvalue weighted by Crippen LogP contribution is 2.21. The van der Waals surface area contributed by atoms with Crippen LogP contribution < -0.4 is 10.5 Å². The van der Waals surface area contributed by atoms with E-state index in [1.807, 2.05) is 25.1 Å². The molecule has 3 N–H and O–H groups in total. The van der Waals surface area contributed by atoms with Gasteiger partial charge in [0.2, 0.25) is 10.0 Å². The summed E-state index contributed by atoms with van der Waals surface area (Å²) in [5.41, 5.74) is 2.35. The standard InChI is InChI=1S/C15H15N3O2S/c1-11(13-4-2-3-12(9-13)10-16)18-14-5-7-15(8-6-14)21(17,19)20/h2-9,11,18H,1H3,(H2,17,19,20). The molecule has 0 saturated carbocycles. The summed E-state index contributed by atoms with van der Waals surface area (Å²) < 4.78 is 22.4. The molecule has 0 aromatic heterocycles. The Morgan fingerprint density at radius 2 is 1.86 bits per heavy atom. The molecule has 2 rings (SSSR count). The first-order chi connectivity index (χ1) is 9.90. The van der Waals surface area contributed by atoms with Gasteiger partial charge in [-0.05, 0) is 48.9 Å². The van der Waals surface area contributed by atoms with Crippen LogP contribution in [0.2, 0.25) is 0 Å². The molecule has 0 bridgehead atoms. The molecule has 2 aromatic carbocycles. The summed E-state index contributed by atoms with van der Waals surface area (Å²) in [5, 5.41) is 17.2. The molecule has 1 atom stereocenters. The fourth-order valence-corrected chi connectivity index (χ4v) is 2.47. The van der Waals surface area contributed by atoms with Crippen molar-refractivity contribution in [3.05, 3.63) is 59.7 Å². The highest BCUT2D eigenvalue weighted by Gasteiger charge is 2.09. The quantitative estimate of drug-likeness (QED) is 0.906. The molecule has 0 aliphatic rings. The van der Waals surface area contributed by atoms with E-state index >= 15 is 0 Å². The van der Waals surface area contributed by atoms with Crippen molar-refractivity contribution in [2.24, 2.45) is 5.14 Å². The van der Waals surface area contributed by atoms with Crippen molar-refractivity contribution in [3.8, 4) is 6.07 Å². The van der Waals surface area contributed by atoms with Gasteiger partial charge in [-0.15, -0.1) is 0 Å². The van der Waals surface area contributed by atoms with Crippen molar-refractivity contribution in [2.75, 3.05) is 5.32 Å². The number of nitriles is 1. The fraction of sp³-hybridized carbons (Fsp3) is 0.133. The Hall–Kier alpha value is -2.36. The van der Waals surface area contributed by atoms with Crippen LogP contribution in [0.5, 0.6) is 0 Å². The van der Waals surface area contributed by atoms with Crippen molar-refractivity contribution < 1.29 is 8.42 Å². The number of anilines is 1. The lowest BCUT2D eigenvalue weighted by Crippen LogP contribution is -2.12. The third kappa shape index (κ3) is 3.81. The second-order valence-electron chi connectivity index (χ2n) is 4.67. The van der Waals surface area contributed by atoms with Crippen molar-refractivity contribution in [1.82, 2.24) is 0 Å². The molecular formula is C15H15N3O2S. The monoisotopic (exact) mass is 301 g/mol. The van der Waals surface area contributed by atoms with Crippen LogP contribution in [0.15, 0.2) is 53.4 Å². The summed E-state index contributed by atoms with van der Waals surface area (Å²) in [6, 6.07) is 15.6. The topological polar surface area (TPSA) is 96.0 Å². The van der Waals surface area contributed by atoms with Crippen molar-refractivity contribution in [2.45, 2.75) is 17.9 Å². The lowest BCUT2D eigenvalue weighted by atomic mass is 10.1. The maximum absolute atomic E-state index is 11.2. The van der Waals surface area contributed by atoms with Crippen LogP contribution in [0, 0.1) is 11.3 Å². The molecule has 6 heteroatoms. The summed E-state index contributed by atoms with van der Waals surface area (Å²) >= 11 is 0. The summed E-state index contributed by atoms with van der Waals surface area (Å²) in [4.78, 5) is 0.0761. The molecular weight excluding hydrogens is 286 g/mol. The third-order valence-corrected chi connectivity index (χ3v) is 4.01. The number of nitrogens with two attached hydrogens (primary N) is 1. The molecule has 5 nitrogen and oxygen atoms in total. The van der Waals surface area contributed by atoms with Crippen LogP contribution in [-0.2, 0) is 10.0 Å². The molecule has 0 heterocycles. The summed E-state index contributed by atoms with van der Waals surface area (Å²) in [6.07, 6.45) is 0. The Morgan fingerprint density at radius 3 is 2.43 bits per heavy atom. The van der Waals surface area contributed by atoms with Gasteiger partial charge in [0, 0.05) is 11.7 Å². The Balaban J connectivity index is 2.16. The number of hydrogen-bond acceptors (Lipinski definition) is 4. The molecule has 0 saturated heterocycles. The zero-order valence-corrected chi connectivity index (χ0v) is 12.3. The number of sulfonamides is 1. The van der Waals surface area contributed by atoms with E-state index in [0.29, 0.717) is 5.56 Å². The van der Waals surface area contributed by atoms with Crippen molar-refractivity contribution in [1.29, 1.82) is 5.26 Å². The maximum atomic E-state index is 11.2. The molecule has 21 heavy (non-hydrogen) atoms. The highest BCUT2D eigenvalue weighted by atomic mass is 32.2. The SMILES string of the molecule is CC(Nc1ccc(S(N)(=O)=O)cc1)c1cccc(C#N)c1. The smallest absolute Gasteiger partial charge is 0.238 e. The molecule has 0 fully saturated rings. The van der Waals surface area contributed by atoms with Crippen LogP contribution in [0.25, 0.3) is 0 Å². The van der Waals surface area contributed by atoms with Crippen LogP contribution in [0.4, 0.5) is 5.69 Å². The van der Waals surface area contributed by atoms with Gasteiger partial charge in [0.05, 0.1) is 16.5 Å². The van der Waals surface area contributed by atoms with Gasteiger partial charge in [0.1, 0.15) is 0 Å². The molecule has 0 aliphatic carbocycles. The van der Waals surface area contributed by atoms with Crippen LogP contribution >= 0.6 is 0 Å². The zero-order valence-electron chi connectivity index (χ0n) is 11.4. The van der Waals surface area contributed by atoms with Gasteiger partial charge < -0.3 is 5.32 Å². The van der Waals surface area contributed by atoms with Gasteiger partial charge in [-0.2, -0.15) is 5.26 Å². The Labute approximate surface area is 124 Å². The van der Waals surface area contributed by atoms with E-state index < -0.39 is 10.0 Å². The minimum absolute atomic E-state index is 0.0152. The van der Waals surface area contributed by atoms with Gasteiger partial charge in [-0.3, -0.25) is 0 Å². The number of nitrogens with zero attached hydrogens (tertiary/aromatic N) is 1. The lowest BCUT2D eigenvalue weighted by Gasteiger charge is -2.16. The van der Waals surface area contributed by atoms with E-state index in [2.05, 4.69) is 11.4 Å². The average Bonchev–Trinajstić information content (AvgIpc) is 2.47. The summed E-state index contributed by atoms with van der Waals surface area (Å²) in [5.74, 6) is 0. The predicted octanol–water partition coefficient (Wildman–Crippen LogP) is 2.38. The van der Waals surface area contributed by atoms with E-state index in [9.17, 15) is 8.42 Å². The van der Waals surface area contributed by atoms with Gasteiger partial charge in [0.25, 0.3) is 0 Å². The summed E-state index contributed by atoms with van der Waals surface area (Å²) in [7, 11) is -3.67. The van der Waals surface area contributed by atoms with Gasteiger partial charge >= 0.3 is 0 Å². The van der Waals surface area contributed by atoms with Crippen LogP contribution in [-0.4, -0.2) is 8.42 Å². The highest BCUT2D eigenvalue weighted by molar-refractivity contribution is 7.89. The minimum atomic E-state index is -3.67. The number of primary sulfonamides is 1. The van der Waals surface area contributed by atoms with Crippen LogP contribution in [0.3, 0.4) is 0 Å². The van der Waals surface area contributed by atoms with Gasteiger partial charge in [-0.1, -0.05) is 12.1 Å². The normalized spacial score (nSPS) is 12.4. The van der Waals surface area contributed by atoms with E-state index in [-0.39, 0.29) is 10.9 Å². The second-order valence-corrected chi connectivity index (χ2v) is 6.23. The number of hydrogen-bond donors (Lipinski definition) is 2. The number of benzene rings is 2. The first kappa shape index (κ1) is 15.0. The zero-order chi connectivity index (χ0) is 15.5. The molecule has 0 aliphatic heterocycles. The molecule has 0 amide bonds. The Morgan fingerprint density at radius 1 is 1.19 bits per heavy atom. The lowest BCUT2D eigenvalue weighted by molar-refractivity contribution is 0.598. The van der Waals surface area contributed by atoms with Crippen molar-refractivity contribution in [3.63, 3.8) is 0 Å². The predicted molar refractivity (Wildman–Crippen MR) is 81.0 cm³/mol. The number of rotatable bonds is 4. The number of nitrogens with one attached hydrogen (secondary N) is 1. The maximum Gasteiger partial charge on any atom is 0.238 e. The third-order valence-electron chi connectivity index (χ3n) is 3.08. The van der Waals surface area contributed by atoms with E-state index in [1.54, 1.807) is 18.2 Å². The van der Waals surface area contributed by atoms with E-state index in [0.717, 1.165) is 11.3 Å². The first-order valence-corrected chi connectivity index (χ1v) is 7.84. The van der Waals surface area contributed by atoms with Gasteiger partial charge in [0.15, 0.2) is 0 Å². The molecule has 0 radical (unpaired) electrons. The van der Waals surface area contributed by atoms with E-state index in [4.69, 9.17) is 10.4 Å². The van der Waals surface area contributed by atoms with E-state index in [1.165, 1.54) is 12.1 Å². The second kappa shape index (κ2) is 5.95. The molecule has 108 valence electrons. The minimum Gasteiger partial charge on any atom is -0.379 e. The molecule has 0 spiro atoms. The largest absolute Gasteiger partial charge is 0.379 e. The average molecular weight is 301 g/mol. The molecule has 2 aromatic rings.